The van der Waals surface area contributed by atoms with Crippen molar-refractivity contribution in [1.82, 2.24) is 9.55 Å². The van der Waals surface area contributed by atoms with Crippen LogP contribution in [0.3, 0.4) is 0 Å². The summed E-state index contributed by atoms with van der Waals surface area (Å²) in [6.07, 6.45) is 0.656. The van der Waals surface area contributed by atoms with Crippen LogP contribution in [0.1, 0.15) is 10.4 Å². The van der Waals surface area contributed by atoms with Crippen LogP contribution >= 0.6 is 22.9 Å². The van der Waals surface area contributed by atoms with Gasteiger partial charge < -0.3 is 9.84 Å². The summed E-state index contributed by atoms with van der Waals surface area (Å²) in [6.45, 7) is 4.10. The van der Waals surface area contributed by atoms with Gasteiger partial charge in [0.2, 0.25) is 0 Å². The van der Waals surface area contributed by atoms with E-state index in [1.807, 2.05) is 13.8 Å². The number of hydrogen-bond acceptors (Lipinski definition) is 5. The molecule has 126 valence electrons. The molecule has 0 radical (unpaired) electrons. The average molecular weight is 365 g/mol. The van der Waals surface area contributed by atoms with Crippen molar-refractivity contribution < 1.29 is 9.84 Å². The molecule has 0 saturated carbocycles. The lowest BCUT2D eigenvalue weighted by atomic mass is 10.2. The van der Waals surface area contributed by atoms with Crippen molar-refractivity contribution in [3.05, 3.63) is 56.4 Å². The molecule has 0 aliphatic rings. The minimum Gasteiger partial charge on any atom is -0.491 e. The molecule has 0 unspecified atom stereocenters. The maximum Gasteiger partial charge on any atom is 0.262 e. The standard InChI is InChI=1S/C17H17ClN2O3S/c1-10-11(2)24-16-15(10)17(22)20(9-19-16)7-13(21)8-23-14-5-3-12(18)4-6-14/h3-6,9,13,21H,7-8H2,1-2H3/t13-/m0/s1. The molecule has 7 heteroatoms. The van der Waals surface area contributed by atoms with Crippen molar-refractivity contribution in [3.8, 4) is 5.75 Å². The van der Waals surface area contributed by atoms with Gasteiger partial charge in [0, 0.05) is 9.90 Å². The van der Waals surface area contributed by atoms with Crippen molar-refractivity contribution in [3.63, 3.8) is 0 Å². The second kappa shape index (κ2) is 6.93. The number of aliphatic hydroxyl groups is 1. The normalized spacial score (nSPS) is 12.5. The molecule has 2 aromatic heterocycles. The van der Waals surface area contributed by atoms with Gasteiger partial charge in [-0.3, -0.25) is 9.36 Å². The van der Waals surface area contributed by atoms with Gasteiger partial charge in [0.15, 0.2) is 0 Å². The van der Waals surface area contributed by atoms with Crippen LogP contribution in [0.25, 0.3) is 10.2 Å². The summed E-state index contributed by atoms with van der Waals surface area (Å²) < 4.78 is 6.94. The summed E-state index contributed by atoms with van der Waals surface area (Å²) >= 11 is 7.32. The molecule has 3 aromatic rings. The number of rotatable bonds is 5. The Balaban J connectivity index is 1.72. The fraction of sp³-hybridized carbons (Fsp3) is 0.294. The number of benzene rings is 1. The Bertz CT molecular complexity index is 918. The largest absolute Gasteiger partial charge is 0.491 e. The van der Waals surface area contributed by atoms with Crippen LogP contribution in [0.4, 0.5) is 0 Å². The number of aryl methyl sites for hydroxylation is 2. The second-order valence-electron chi connectivity index (χ2n) is 5.58. The van der Waals surface area contributed by atoms with E-state index in [1.165, 1.54) is 22.2 Å². The maximum absolute atomic E-state index is 12.6. The van der Waals surface area contributed by atoms with Crippen LogP contribution < -0.4 is 10.3 Å². The first kappa shape index (κ1) is 17.0. The summed E-state index contributed by atoms with van der Waals surface area (Å²) in [4.78, 5) is 18.7. The van der Waals surface area contributed by atoms with E-state index in [4.69, 9.17) is 16.3 Å². The van der Waals surface area contributed by atoms with Crippen molar-refractivity contribution in [1.29, 1.82) is 0 Å². The first-order chi connectivity index (χ1) is 11.5. The van der Waals surface area contributed by atoms with E-state index in [0.29, 0.717) is 16.2 Å². The molecule has 1 aromatic carbocycles. The van der Waals surface area contributed by atoms with Crippen molar-refractivity contribution in [2.75, 3.05) is 6.61 Å². The summed E-state index contributed by atoms with van der Waals surface area (Å²) in [6, 6.07) is 6.89. The van der Waals surface area contributed by atoms with Gasteiger partial charge in [-0.05, 0) is 43.7 Å². The van der Waals surface area contributed by atoms with Gasteiger partial charge >= 0.3 is 0 Å². The molecule has 24 heavy (non-hydrogen) atoms. The lowest BCUT2D eigenvalue weighted by molar-refractivity contribution is 0.0915. The molecule has 2 heterocycles. The highest BCUT2D eigenvalue weighted by atomic mass is 35.5. The summed E-state index contributed by atoms with van der Waals surface area (Å²) in [5.74, 6) is 0.615. The molecule has 0 fully saturated rings. The lowest BCUT2D eigenvalue weighted by Gasteiger charge is -2.14. The molecule has 0 spiro atoms. The molecular formula is C17H17ClN2O3S. The minimum absolute atomic E-state index is 0.0771. The molecule has 0 bridgehead atoms. The first-order valence-electron chi connectivity index (χ1n) is 7.47. The van der Waals surface area contributed by atoms with Crippen LogP contribution in [0.15, 0.2) is 35.4 Å². The summed E-state index contributed by atoms with van der Waals surface area (Å²) in [5, 5.41) is 11.4. The van der Waals surface area contributed by atoms with Crippen molar-refractivity contribution >= 4 is 33.2 Å². The smallest absolute Gasteiger partial charge is 0.262 e. The van der Waals surface area contributed by atoms with E-state index in [9.17, 15) is 9.90 Å². The Hall–Kier alpha value is -1.89. The molecule has 0 aliphatic carbocycles. The first-order valence-corrected chi connectivity index (χ1v) is 8.66. The Morgan fingerprint density at radius 2 is 2.04 bits per heavy atom. The van der Waals surface area contributed by atoms with E-state index in [0.717, 1.165) is 15.3 Å². The van der Waals surface area contributed by atoms with E-state index in [2.05, 4.69) is 4.98 Å². The van der Waals surface area contributed by atoms with E-state index < -0.39 is 6.10 Å². The van der Waals surface area contributed by atoms with E-state index in [1.54, 1.807) is 24.3 Å². The minimum atomic E-state index is -0.822. The summed E-state index contributed by atoms with van der Waals surface area (Å²) in [5.41, 5.74) is 0.821. The van der Waals surface area contributed by atoms with Gasteiger partial charge in [-0.15, -0.1) is 11.3 Å². The number of hydrogen-bond donors (Lipinski definition) is 1. The fourth-order valence-corrected chi connectivity index (χ4v) is 3.52. The van der Waals surface area contributed by atoms with Crippen LogP contribution in [0.2, 0.25) is 5.02 Å². The Kier molecular flexibility index (Phi) is 4.89. The van der Waals surface area contributed by atoms with Gasteiger partial charge in [-0.2, -0.15) is 0 Å². The number of aliphatic hydroxyl groups excluding tert-OH is 1. The zero-order valence-corrected chi connectivity index (χ0v) is 14.9. The van der Waals surface area contributed by atoms with Gasteiger partial charge in [-0.25, -0.2) is 4.98 Å². The third-order valence-electron chi connectivity index (χ3n) is 3.82. The highest BCUT2D eigenvalue weighted by Gasteiger charge is 2.14. The molecule has 1 N–H and O–H groups in total. The molecule has 1 atom stereocenters. The number of nitrogens with zero attached hydrogens (tertiary/aromatic N) is 2. The zero-order valence-electron chi connectivity index (χ0n) is 13.3. The number of fused-ring (bicyclic) bond motifs is 1. The van der Waals surface area contributed by atoms with Crippen molar-refractivity contribution in [2.24, 2.45) is 0 Å². The van der Waals surface area contributed by atoms with Crippen molar-refractivity contribution in [2.45, 2.75) is 26.5 Å². The number of aromatic nitrogens is 2. The van der Waals surface area contributed by atoms with E-state index >= 15 is 0 Å². The Labute approximate surface area is 148 Å². The Morgan fingerprint density at radius 3 is 2.75 bits per heavy atom. The van der Waals surface area contributed by atoms with E-state index in [-0.39, 0.29) is 18.7 Å². The number of thiophene rings is 1. The SMILES string of the molecule is Cc1sc2ncn(C[C@H](O)COc3ccc(Cl)cc3)c(=O)c2c1C. The zero-order chi connectivity index (χ0) is 17.3. The Morgan fingerprint density at radius 1 is 1.33 bits per heavy atom. The second-order valence-corrected chi connectivity index (χ2v) is 7.22. The highest BCUT2D eigenvalue weighted by molar-refractivity contribution is 7.18. The van der Waals surface area contributed by atoms with Crippen LogP contribution in [0.5, 0.6) is 5.75 Å². The molecule has 0 amide bonds. The molecular weight excluding hydrogens is 348 g/mol. The maximum atomic E-state index is 12.6. The fourth-order valence-electron chi connectivity index (χ4n) is 2.40. The topological polar surface area (TPSA) is 64.3 Å². The number of ether oxygens (including phenoxy) is 1. The quantitative estimate of drug-likeness (QED) is 0.755. The molecule has 0 saturated heterocycles. The third kappa shape index (κ3) is 3.45. The summed E-state index contributed by atoms with van der Waals surface area (Å²) in [7, 11) is 0. The monoisotopic (exact) mass is 364 g/mol. The predicted octanol–water partition coefficient (Wildman–Crippen LogP) is 3.17. The van der Waals surface area contributed by atoms with Gasteiger partial charge in [0.25, 0.3) is 5.56 Å². The highest BCUT2D eigenvalue weighted by Crippen LogP contribution is 2.25. The van der Waals surface area contributed by atoms with Gasteiger partial charge in [0.1, 0.15) is 23.3 Å². The average Bonchev–Trinajstić information content (AvgIpc) is 2.85. The molecule has 0 aliphatic heterocycles. The van der Waals surface area contributed by atoms with Gasteiger partial charge in [0.05, 0.1) is 18.3 Å². The lowest BCUT2D eigenvalue weighted by Crippen LogP contribution is -2.30. The predicted molar refractivity (Wildman–Crippen MR) is 96.3 cm³/mol. The molecule has 3 rings (SSSR count). The number of halogens is 1. The third-order valence-corrected chi connectivity index (χ3v) is 5.19. The van der Waals surface area contributed by atoms with Gasteiger partial charge in [-0.1, -0.05) is 11.6 Å². The van der Waals surface area contributed by atoms with Crippen LogP contribution in [0, 0.1) is 13.8 Å². The molecule has 5 nitrogen and oxygen atoms in total. The van der Waals surface area contributed by atoms with Crippen LogP contribution in [-0.2, 0) is 6.54 Å². The van der Waals surface area contributed by atoms with Crippen LogP contribution in [-0.4, -0.2) is 27.4 Å².